The van der Waals surface area contributed by atoms with E-state index < -0.39 is 0 Å². The van der Waals surface area contributed by atoms with Crippen LogP contribution in [-0.2, 0) is 0 Å². The lowest BCUT2D eigenvalue weighted by molar-refractivity contribution is -0.385. The third kappa shape index (κ3) is 4.14. The average molecular weight is 281 g/mol. The van der Waals surface area contributed by atoms with Crippen LogP contribution in [0.1, 0.15) is 12.5 Å². The average Bonchev–Trinajstić information content (AvgIpc) is 2.50. The van der Waals surface area contributed by atoms with E-state index in [2.05, 4.69) is 19.7 Å². The first kappa shape index (κ1) is 16.4. The minimum Gasteiger partial charge on any atom is -0.258 e. The Balaban J connectivity index is 3.43. The van der Waals surface area contributed by atoms with Crippen LogP contribution in [0, 0.1) is 16.0 Å². The predicted molar refractivity (Wildman–Crippen MR) is 88.9 cm³/mol. The molecule has 0 amide bonds. The maximum atomic E-state index is 11.2. The second kappa shape index (κ2) is 7.80. The standard InChI is InChI=1S/C18H19NO2/c1-5-10-16(13-15(7-3)14(4)6-2)17-11-8-9-12-18(17)19(20)21/h5-13,15H,2-4H2,1H3/b10-5-,16-13?. The van der Waals surface area contributed by atoms with Gasteiger partial charge in [-0.2, -0.15) is 0 Å². The Morgan fingerprint density at radius 3 is 2.52 bits per heavy atom. The van der Waals surface area contributed by atoms with Gasteiger partial charge in [0.1, 0.15) is 0 Å². The van der Waals surface area contributed by atoms with Crippen molar-refractivity contribution in [1.82, 2.24) is 0 Å². The summed E-state index contributed by atoms with van der Waals surface area (Å²) in [5, 5.41) is 11.2. The summed E-state index contributed by atoms with van der Waals surface area (Å²) in [6, 6.07) is 6.67. The van der Waals surface area contributed by atoms with Crippen molar-refractivity contribution in [3.05, 3.63) is 95.6 Å². The first-order valence-electron chi connectivity index (χ1n) is 6.57. The smallest absolute Gasteiger partial charge is 0.258 e. The number of benzene rings is 1. The molecule has 0 aromatic heterocycles. The Morgan fingerprint density at radius 1 is 1.33 bits per heavy atom. The van der Waals surface area contributed by atoms with Crippen LogP contribution in [0.5, 0.6) is 0 Å². The molecule has 1 unspecified atom stereocenters. The summed E-state index contributed by atoms with van der Waals surface area (Å²) < 4.78 is 0. The molecule has 108 valence electrons. The normalized spacial score (nSPS) is 12.9. The lowest BCUT2D eigenvalue weighted by Gasteiger charge is -2.11. The first-order chi connectivity index (χ1) is 10.0. The summed E-state index contributed by atoms with van der Waals surface area (Å²) in [6.07, 6.45) is 8.99. The van der Waals surface area contributed by atoms with Gasteiger partial charge in [-0.25, -0.2) is 0 Å². The van der Waals surface area contributed by atoms with Crippen LogP contribution in [0.3, 0.4) is 0 Å². The summed E-state index contributed by atoms with van der Waals surface area (Å²) in [5.41, 5.74) is 2.21. The maximum Gasteiger partial charge on any atom is 0.277 e. The quantitative estimate of drug-likeness (QED) is 0.302. The molecule has 1 aromatic rings. The van der Waals surface area contributed by atoms with Gasteiger partial charge in [0.05, 0.1) is 10.5 Å². The molecular formula is C18H19NO2. The molecule has 21 heavy (non-hydrogen) atoms. The van der Waals surface area contributed by atoms with E-state index in [-0.39, 0.29) is 16.5 Å². The van der Waals surface area contributed by atoms with E-state index in [4.69, 9.17) is 0 Å². The molecule has 1 rings (SSSR count). The van der Waals surface area contributed by atoms with E-state index in [1.54, 1.807) is 30.4 Å². The predicted octanol–water partition coefficient (Wildman–Crippen LogP) is 5.10. The fourth-order valence-electron chi connectivity index (χ4n) is 1.95. The van der Waals surface area contributed by atoms with Gasteiger partial charge >= 0.3 is 0 Å². The van der Waals surface area contributed by atoms with E-state index in [1.165, 1.54) is 6.07 Å². The molecule has 0 saturated carbocycles. The van der Waals surface area contributed by atoms with Gasteiger partial charge in [0.25, 0.3) is 5.69 Å². The van der Waals surface area contributed by atoms with Crippen molar-refractivity contribution in [3.8, 4) is 0 Å². The van der Waals surface area contributed by atoms with Crippen molar-refractivity contribution in [1.29, 1.82) is 0 Å². The highest BCUT2D eigenvalue weighted by atomic mass is 16.6. The molecule has 0 fully saturated rings. The zero-order chi connectivity index (χ0) is 15.8. The summed E-state index contributed by atoms with van der Waals surface area (Å²) in [5.74, 6) is -0.117. The van der Waals surface area contributed by atoms with E-state index in [0.29, 0.717) is 5.56 Å². The van der Waals surface area contributed by atoms with Crippen LogP contribution >= 0.6 is 0 Å². The third-order valence-corrected chi connectivity index (χ3v) is 3.06. The molecule has 3 heteroatoms. The Labute approximate surface area is 125 Å². The molecule has 0 saturated heterocycles. The van der Waals surface area contributed by atoms with Crippen LogP contribution in [0.25, 0.3) is 5.57 Å². The van der Waals surface area contributed by atoms with Crippen molar-refractivity contribution in [2.24, 2.45) is 5.92 Å². The molecular weight excluding hydrogens is 262 g/mol. The van der Waals surface area contributed by atoms with E-state index >= 15 is 0 Å². The van der Waals surface area contributed by atoms with Crippen molar-refractivity contribution in [3.63, 3.8) is 0 Å². The van der Waals surface area contributed by atoms with Crippen molar-refractivity contribution in [2.75, 3.05) is 0 Å². The van der Waals surface area contributed by atoms with Gasteiger partial charge in [0.2, 0.25) is 0 Å². The number of hydrogen-bond acceptors (Lipinski definition) is 2. The largest absolute Gasteiger partial charge is 0.277 e. The maximum absolute atomic E-state index is 11.2. The van der Waals surface area contributed by atoms with Crippen LogP contribution in [-0.4, -0.2) is 4.92 Å². The van der Waals surface area contributed by atoms with Gasteiger partial charge in [0.15, 0.2) is 0 Å². The van der Waals surface area contributed by atoms with Gasteiger partial charge in [0, 0.05) is 12.0 Å². The summed E-state index contributed by atoms with van der Waals surface area (Å²) in [6.45, 7) is 13.3. The monoisotopic (exact) mass is 281 g/mol. The minimum absolute atomic E-state index is 0.0777. The molecule has 0 aliphatic carbocycles. The number of allylic oxidation sites excluding steroid dienone is 7. The van der Waals surface area contributed by atoms with Gasteiger partial charge in [-0.05, 0) is 24.1 Å². The highest BCUT2D eigenvalue weighted by Crippen LogP contribution is 2.29. The summed E-state index contributed by atoms with van der Waals surface area (Å²) >= 11 is 0. The molecule has 0 N–H and O–H groups in total. The highest BCUT2D eigenvalue weighted by Gasteiger charge is 2.15. The topological polar surface area (TPSA) is 43.1 Å². The lowest BCUT2D eigenvalue weighted by Crippen LogP contribution is -1.98. The van der Waals surface area contributed by atoms with Crippen molar-refractivity contribution in [2.45, 2.75) is 6.92 Å². The van der Waals surface area contributed by atoms with E-state index in [9.17, 15) is 10.1 Å². The highest BCUT2D eigenvalue weighted by molar-refractivity contribution is 5.80. The van der Waals surface area contributed by atoms with Crippen LogP contribution < -0.4 is 0 Å². The Morgan fingerprint density at radius 2 is 2.00 bits per heavy atom. The molecule has 0 heterocycles. The third-order valence-electron chi connectivity index (χ3n) is 3.06. The molecule has 3 nitrogen and oxygen atoms in total. The van der Waals surface area contributed by atoms with E-state index in [1.807, 2.05) is 25.2 Å². The number of nitro groups is 1. The van der Waals surface area contributed by atoms with Gasteiger partial charge in [-0.1, -0.05) is 55.7 Å². The summed E-state index contributed by atoms with van der Waals surface area (Å²) in [4.78, 5) is 10.8. The zero-order valence-corrected chi connectivity index (χ0v) is 12.2. The second-order valence-electron chi connectivity index (χ2n) is 4.44. The molecule has 0 bridgehead atoms. The lowest BCUT2D eigenvalue weighted by atomic mass is 9.93. The van der Waals surface area contributed by atoms with Crippen LogP contribution in [0.15, 0.2) is 80.0 Å². The Hall–Kier alpha value is -2.68. The summed E-state index contributed by atoms with van der Waals surface area (Å²) in [7, 11) is 0. The fourth-order valence-corrected chi connectivity index (χ4v) is 1.95. The number of nitro benzene ring substituents is 1. The first-order valence-corrected chi connectivity index (χ1v) is 6.57. The number of para-hydroxylation sites is 1. The van der Waals surface area contributed by atoms with Crippen LogP contribution in [0.4, 0.5) is 5.69 Å². The number of rotatable bonds is 7. The molecule has 0 aliphatic heterocycles. The molecule has 0 aliphatic rings. The van der Waals surface area contributed by atoms with Gasteiger partial charge in [-0.3, -0.25) is 10.1 Å². The Kier molecular flexibility index (Phi) is 6.08. The Bertz CT molecular complexity index is 624. The van der Waals surface area contributed by atoms with Crippen molar-refractivity contribution < 1.29 is 4.92 Å². The molecule has 1 atom stereocenters. The van der Waals surface area contributed by atoms with Gasteiger partial charge < -0.3 is 0 Å². The zero-order valence-electron chi connectivity index (χ0n) is 12.2. The fraction of sp³-hybridized carbons (Fsp3) is 0.111. The van der Waals surface area contributed by atoms with Crippen molar-refractivity contribution >= 4 is 11.3 Å². The van der Waals surface area contributed by atoms with Gasteiger partial charge in [-0.15, -0.1) is 6.58 Å². The molecule has 0 spiro atoms. The number of nitrogens with zero attached hydrogens (tertiary/aromatic N) is 1. The van der Waals surface area contributed by atoms with E-state index in [0.717, 1.165) is 11.1 Å². The SMILES string of the molecule is C=CC(=C)C(C=C)C=C(/C=C\C)c1ccccc1[N+](=O)[O-]. The molecule has 1 aromatic carbocycles. The molecule has 0 radical (unpaired) electrons. The number of hydrogen-bond donors (Lipinski definition) is 0. The minimum atomic E-state index is -0.377. The second-order valence-corrected chi connectivity index (χ2v) is 4.44. The van der Waals surface area contributed by atoms with Crippen LogP contribution in [0.2, 0.25) is 0 Å².